The zero-order valence-corrected chi connectivity index (χ0v) is 24.2. The van der Waals surface area contributed by atoms with Gasteiger partial charge in [0.15, 0.2) is 0 Å². The second-order valence-corrected chi connectivity index (χ2v) is 12.8. The first kappa shape index (κ1) is 25.4. The van der Waals surface area contributed by atoms with E-state index in [9.17, 15) is 4.39 Å². The lowest BCUT2D eigenvalue weighted by Gasteiger charge is -2.15. The molecule has 0 saturated heterocycles. The summed E-state index contributed by atoms with van der Waals surface area (Å²) >= 11 is 0. The van der Waals surface area contributed by atoms with Crippen molar-refractivity contribution >= 4 is 28.5 Å². The molecule has 0 aliphatic rings. The van der Waals surface area contributed by atoms with Crippen molar-refractivity contribution in [2.75, 3.05) is 0 Å². The van der Waals surface area contributed by atoms with Gasteiger partial charge in [0, 0.05) is 21.4 Å². The minimum Gasteiger partial charge on any atom is -0.248 e. The van der Waals surface area contributed by atoms with Gasteiger partial charge in [-0.2, -0.15) is 0 Å². The molecule has 1 atom stereocenters. The highest BCUT2D eigenvalue weighted by atomic mass is 31.1. The van der Waals surface area contributed by atoms with Crippen LogP contribution < -0.4 is 0 Å². The van der Waals surface area contributed by atoms with Crippen molar-refractivity contribution in [2.24, 2.45) is 6.66 Å². The Balaban J connectivity index is 1.54. The van der Waals surface area contributed by atoms with Crippen LogP contribution in [0.25, 0.3) is 65.8 Å². The van der Waals surface area contributed by atoms with Crippen molar-refractivity contribution in [3.05, 3.63) is 138 Å². The lowest BCUT2D eigenvalue weighted by atomic mass is 9.92. The van der Waals surface area contributed by atoms with Gasteiger partial charge in [-0.05, 0) is 88.9 Å². The van der Waals surface area contributed by atoms with E-state index in [4.69, 9.17) is 4.98 Å². The summed E-state index contributed by atoms with van der Waals surface area (Å²) in [7, 11) is -0.515. The van der Waals surface area contributed by atoms with Crippen LogP contribution >= 0.6 is 7.53 Å². The molecule has 41 heavy (non-hydrogen) atoms. The number of nitrogens with zero attached hydrogens (tertiary/aromatic N) is 1. The zero-order valence-electron chi connectivity index (χ0n) is 23.3. The highest BCUT2D eigenvalue weighted by Crippen LogP contribution is 2.50. The number of rotatable bonds is 4. The second kappa shape index (κ2) is 10.1. The van der Waals surface area contributed by atoms with E-state index in [1.807, 2.05) is 32.0 Å². The summed E-state index contributed by atoms with van der Waals surface area (Å²) in [5.74, 6) is -0.158. The predicted octanol–water partition coefficient (Wildman–Crippen LogP) is 11.3. The van der Waals surface area contributed by atoms with E-state index >= 15 is 0 Å². The molecular formula is C38H29FNP. The van der Waals surface area contributed by atoms with E-state index in [0.717, 1.165) is 28.1 Å². The molecular weight excluding hydrogens is 520 g/mol. The predicted molar refractivity (Wildman–Crippen MR) is 174 cm³/mol. The second-order valence-electron chi connectivity index (χ2n) is 10.7. The smallest absolute Gasteiger partial charge is 0.129 e. The summed E-state index contributed by atoms with van der Waals surface area (Å²) in [6.07, 6.45) is 0. The van der Waals surface area contributed by atoms with Crippen molar-refractivity contribution in [1.82, 2.24) is 4.98 Å². The Kier molecular flexibility index (Phi) is 6.30. The number of pyridine rings is 1. The third kappa shape index (κ3) is 4.36. The average molecular weight is 550 g/mol. The van der Waals surface area contributed by atoms with E-state index in [-0.39, 0.29) is 5.82 Å². The average Bonchev–Trinajstić information content (AvgIpc) is 3.31. The molecule has 198 valence electrons. The van der Waals surface area contributed by atoms with Crippen molar-refractivity contribution in [3.63, 3.8) is 0 Å². The van der Waals surface area contributed by atoms with Crippen molar-refractivity contribution in [3.8, 4) is 44.8 Å². The van der Waals surface area contributed by atoms with Gasteiger partial charge in [0.2, 0.25) is 0 Å². The zero-order chi connectivity index (χ0) is 28.1. The first-order chi connectivity index (χ1) is 20.0. The largest absolute Gasteiger partial charge is 0.248 e. The lowest BCUT2D eigenvalue weighted by Crippen LogP contribution is -1.95. The fourth-order valence-corrected chi connectivity index (χ4v) is 8.33. The van der Waals surface area contributed by atoms with Gasteiger partial charge in [-0.3, -0.25) is 0 Å². The van der Waals surface area contributed by atoms with E-state index in [0.29, 0.717) is 11.1 Å². The monoisotopic (exact) mass is 549 g/mol. The van der Waals surface area contributed by atoms with Gasteiger partial charge in [-0.15, -0.1) is 7.53 Å². The highest BCUT2D eigenvalue weighted by Gasteiger charge is 2.18. The minimum absolute atomic E-state index is 0.158. The number of hydrogen-bond donors (Lipinski definition) is 0. The number of fused-ring (bicyclic) bond motifs is 3. The maximum Gasteiger partial charge on any atom is 0.129 e. The third-order valence-electron chi connectivity index (χ3n) is 8.08. The molecule has 1 unspecified atom stereocenters. The molecule has 1 nitrogen and oxygen atoms in total. The Bertz CT molecular complexity index is 2070. The summed E-state index contributed by atoms with van der Waals surface area (Å²) in [4.78, 5) is 5.28. The molecule has 7 aromatic rings. The molecule has 0 radical (unpaired) electrons. The molecule has 2 aromatic heterocycles. The van der Waals surface area contributed by atoms with Crippen molar-refractivity contribution < 1.29 is 4.39 Å². The van der Waals surface area contributed by atoms with Gasteiger partial charge in [0.1, 0.15) is 5.82 Å². The van der Waals surface area contributed by atoms with Crippen LogP contribution in [0.15, 0.2) is 121 Å². The summed E-state index contributed by atoms with van der Waals surface area (Å²) in [6, 6.07) is 42.6. The Hall–Kier alpha value is -4.52. The fourth-order valence-electron chi connectivity index (χ4n) is 6.11. The molecule has 0 N–H and O–H groups in total. The number of benzene rings is 5. The molecule has 7 rings (SSSR count). The molecule has 0 saturated carbocycles. The molecule has 0 bridgehead atoms. The van der Waals surface area contributed by atoms with Gasteiger partial charge in [-0.25, -0.2) is 9.37 Å². The number of aromatic nitrogens is 1. The Morgan fingerprint density at radius 1 is 0.537 bits per heavy atom. The van der Waals surface area contributed by atoms with Gasteiger partial charge < -0.3 is 0 Å². The fraction of sp³-hybridized carbons (Fsp3) is 0.0789. The van der Waals surface area contributed by atoms with Crippen LogP contribution in [-0.4, -0.2) is 4.98 Å². The van der Waals surface area contributed by atoms with Crippen LogP contribution in [-0.2, 0) is 6.66 Å². The molecule has 5 aromatic carbocycles. The van der Waals surface area contributed by atoms with Crippen LogP contribution in [0.5, 0.6) is 0 Å². The topological polar surface area (TPSA) is 12.9 Å². The van der Waals surface area contributed by atoms with Gasteiger partial charge in [-0.1, -0.05) is 97.1 Å². The van der Waals surface area contributed by atoms with E-state index < -0.39 is 7.53 Å². The van der Waals surface area contributed by atoms with Crippen LogP contribution in [0.1, 0.15) is 11.1 Å². The van der Waals surface area contributed by atoms with Crippen LogP contribution in [0.2, 0.25) is 0 Å². The first-order valence-electron chi connectivity index (χ1n) is 13.9. The quantitative estimate of drug-likeness (QED) is 0.213. The van der Waals surface area contributed by atoms with Crippen LogP contribution in [0.3, 0.4) is 0 Å². The molecule has 0 amide bonds. The van der Waals surface area contributed by atoms with Crippen LogP contribution in [0.4, 0.5) is 4.39 Å². The number of halogens is 1. The Labute approximate surface area is 241 Å². The summed E-state index contributed by atoms with van der Waals surface area (Å²) in [5, 5.41) is 5.43. The minimum atomic E-state index is -0.515. The van der Waals surface area contributed by atoms with E-state index in [1.165, 1.54) is 37.7 Å². The SMILES string of the molecule is Cc1cc(-c2cc(-c3ccccc3-c3ccccc3)cc(-c3cccc4c5ccccc5p(C)c34)n2)cc(C)c1F. The third-order valence-corrected chi connectivity index (χ3v) is 10.3. The molecule has 0 aliphatic heterocycles. The van der Waals surface area contributed by atoms with Crippen molar-refractivity contribution in [2.45, 2.75) is 13.8 Å². The summed E-state index contributed by atoms with van der Waals surface area (Å²) in [6.45, 7) is 6.01. The molecule has 0 spiro atoms. The van der Waals surface area contributed by atoms with E-state index in [2.05, 4.69) is 110 Å². The first-order valence-corrected chi connectivity index (χ1v) is 15.7. The molecule has 0 fully saturated rings. The number of hydrogen-bond acceptors (Lipinski definition) is 1. The summed E-state index contributed by atoms with van der Waals surface area (Å²) in [5.41, 5.74) is 9.74. The number of aryl methyl sites for hydroxylation is 3. The molecule has 3 heteroatoms. The maximum atomic E-state index is 14.7. The van der Waals surface area contributed by atoms with Crippen molar-refractivity contribution in [1.29, 1.82) is 0 Å². The highest BCUT2D eigenvalue weighted by molar-refractivity contribution is 7.60. The summed E-state index contributed by atoms with van der Waals surface area (Å²) < 4.78 is 14.7. The maximum absolute atomic E-state index is 14.7. The van der Waals surface area contributed by atoms with Gasteiger partial charge in [0.05, 0.1) is 11.4 Å². The molecule has 0 aliphatic carbocycles. The van der Waals surface area contributed by atoms with Gasteiger partial charge in [0.25, 0.3) is 0 Å². The molecule has 2 heterocycles. The van der Waals surface area contributed by atoms with Gasteiger partial charge >= 0.3 is 0 Å². The standard InChI is InChI=1S/C38H29FNP/c1-24-20-28(21-25(2)37(24)39)34-22-27(30-15-8-7-14-29(30)26-12-5-4-6-13-26)23-35(40-34)33-18-11-17-32-31-16-9-10-19-36(31)41(3)38(32)33/h4-23H,1-3H3. The van der Waals surface area contributed by atoms with E-state index in [1.54, 1.807) is 0 Å². The normalized spacial score (nSPS) is 11.9. The lowest BCUT2D eigenvalue weighted by molar-refractivity contribution is 0.609. The van der Waals surface area contributed by atoms with Crippen LogP contribution in [0, 0.1) is 19.7 Å². The Morgan fingerprint density at radius 3 is 1.88 bits per heavy atom. The Morgan fingerprint density at radius 2 is 1.12 bits per heavy atom.